The van der Waals surface area contributed by atoms with E-state index in [9.17, 15) is 19.5 Å². The number of aldehydes is 1. The Kier molecular flexibility index (Phi) is 10.6. The largest absolute Gasteiger partial charge is 0.496 e. The third kappa shape index (κ3) is 7.43. The van der Waals surface area contributed by atoms with Crippen LogP contribution in [0.3, 0.4) is 0 Å². The van der Waals surface area contributed by atoms with Crippen LogP contribution in [-0.2, 0) is 29.2 Å². The summed E-state index contributed by atoms with van der Waals surface area (Å²) >= 11 is 14.0. The fourth-order valence-electron chi connectivity index (χ4n) is 7.32. The van der Waals surface area contributed by atoms with Crippen LogP contribution in [0.2, 0.25) is 10.0 Å². The standard InChI is InChI=1S/C40H39Cl2N5O5/c1-52-37-16-27(35(41)15-28(37)21-46-13-12-26(20-46)40(50)51)22-47-36-7-3-5-32(34(36)19-44-47)33-6-2-4-31(39(33)42)24-8-9-25(29(14-24)23-48)17-43-18-30-10-11-38(49)45-30/h2-9,14-16,19,23,26,30,43H,10-13,17-18,20-22H2,1H3,(H,45,49)(H,50,51)/t26-,30+/m1/s1. The molecular formula is C40H39Cl2N5O5. The molecule has 2 aliphatic rings. The molecule has 12 heteroatoms. The van der Waals surface area contributed by atoms with Crippen molar-refractivity contribution in [2.24, 2.45) is 5.92 Å². The van der Waals surface area contributed by atoms with Crippen molar-refractivity contribution in [3.63, 3.8) is 0 Å². The number of rotatable bonds is 13. The van der Waals surface area contributed by atoms with Crippen molar-refractivity contribution in [1.82, 2.24) is 25.3 Å². The Morgan fingerprint density at radius 2 is 1.83 bits per heavy atom. The van der Waals surface area contributed by atoms with Crippen LogP contribution in [0, 0.1) is 5.92 Å². The van der Waals surface area contributed by atoms with Crippen LogP contribution in [-0.4, -0.2) is 70.7 Å². The highest BCUT2D eigenvalue weighted by Crippen LogP contribution is 2.40. The van der Waals surface area contributed by atoms with Gasteiger partial charge < -0.3 is 20.5 Å². The Morgan fingerprint density at radius 3 is 2.58 bits per heavy atom. The number of carboxylic acids is 1. The lowest BCUT2D eigenvalue weighted by Gasteiger charge is -2.19. The minimum atomic E-state index is -0.760. The first-order valence-electron chi connectivity index (χ1n) is 17.3. The second-order valence-electron chi connectivity index (χ2n) is 13.5. The molecule has 1 amide bonds. The van der Waals surface area contributed by atoms with Gasteiger partial charge in [-0.2, -0.15) is 5.10 Å². The highest BCUT2D eigenvalue weighted by molar-refractivity contribution is 6.36. The molecule has 0 spiro atoms. The second-order valence-corrected chi connectivity index (χ2v) is 14.3. The minimum Gasteiger partial charge on any atom is -0.496 e. The van der Waals surface area contributed by atoms with Gasteiger partial charge in [0.05, 0.1) is 36.3 Å². The number of ether oxygens (including phenoxy) is 1. The third-order valence-electron chi connectivity index (χ3n) is 10.1. The maximum absolute atomic E-state index is 12.1. The number of halogens is 2. The number of carboxylic acid groups (broad SMARTS) is 1. The van der Waals surface area contributed by atoms with Crippen LogP contribution in [0.25, 0.3) is 33.2 Å². The van der Waals surface area contributed by atoms with Gasteiger partial charge in [-0.15, -0.1) is 0 Å². The summed E-state index contributed by atoms with van der Waals surface area (Å²) in [6, 6.07) is 21.7. The molecule has 2 atom stereocenters. The third-order valence-corrected chi connectivity index (χ3v) is 10.9. The highest BCUT2D eigenvalue weighted by Gasteiger charge is 2.29. The van der Waals surface area contributed by atoms with Crippen molar-refractivity contribution in [2.45, 2.75) is 44.9 Å². The lowest BCUT2D eigenvalue weighted by molar-refractivity contribution is -0.141. The van der Waals surface area contributed by atoms with E-state index in [1.807, 2.05) is 77.6 Å². The van der Waals surface area contributed by atoms with Crippen LogP contribution in [0.4, 0.5) is 0 Å². The molecular weight excluding hydrogens is 701 g/mol. The molecule has 3 heterocycles. The van der Waals surface area contributed by atoms with Gasteiger partial charge >= 0.3 is 5.97 Å². The molecule has 2 fully saturated rings. The number of methoxy groups -OCH3 is 1. The number of carbonyl (C=O) groups excluding carboxylic acids is 2. The highest BCUT2D eigenvalue weighted by atomic mass is 35.5. The molecule has 52 heavy (non-hydrogen) atoms. The Labute approximate surface area is 311 Å². The number of likely N-dealkylation sites (tertiary alicyclic amines) is 1. The molecule has 10 nitrogen and oxygen atoms in total. The van der Waals surface area contributed by atoms with Crippen molar-refractivity contribution < 1.29 is 24.2 Å². The number of hydrogen-bond donors (Lipinski definition) is 3. The number of nitrogens with zero attached hydrogens (tertiary/aromatic N) is 3. The predicted octanol–water partition coefficient (Wildman–Crippen LogP) is 6.82. The number of nitrogens with one attached hydrogen (secondary N) is 2. The normalized spacial score (nSPS) is 17.5. The van der Waals surface area contributed by atoms with Crippen molar-refractivity contribution >= 4 is 52.3 Å². The topological polar surface area (TPSA) is 126 Å². The predicted molar refractivity (Wildman–Crippen MR) is 202 cm³/mol. The Bertz CT molecular complexity index is 2170. The van der Waals surface area contributed by atoms with E-state index < -0.39 is 5.97 Å². The molecule has 2 saturated heterocycles. The van der Waals surface area contributed by atoms with Gasteiger partial charge in [-0.05, 0) is 65.9 Å². The van der Waals surface area contributed by atoms with E-state index in [2.05, 4.69) is 15.5 Å². The number of amides is 1. The van der Waals surface area contributed by atoms with Gasteiger partial charge in [-0.25, -0.2) is 0 Å². The number of aliphatic carboxylic acids is 1. The summed E-state index contributed by atoms with van der Waals surface area (Å²) in [7, 11) is 1.63. The minimum absolute atomic E-state index is 0.0792. The maximum atomic E-state index is 12.1. The van der Waals surface area contributed by atoms with E-state index >= 15 is 0 Å². The Hall–Kier alpha value is -4.74. The zero-order valence-corrected chi connectivity index (χ0v) is 30.2. The lowest BCUT2D eigenvalue weighted by atomic mass is 9.95. The molecule has 0 radical (unpaired) electrons. The number of carbonyl (C=O) groups is 3. The molecule has 0 bridgehead atoms. The van der Waals surface area contributed by atoms with Gasteiger partial charge in [-0.1, -0.05) is 65.7 Å². The van der Waals surface area contributed by atoms with Crippen LogP contribution >= 0.6 is 23.2 Å². The van der Waals surface area contributed by atoms with Crippen LogP contribution in [0.1, 0.15) is 46.3 Å². The molecule has 7 rings (SSSR count). The maximum Gasteiger partial charge on any atom is 0.307 e. The van der Waals surface area contributed by atoms with Crippen molar-refractivity contribution in [2.75, 3.05) is 26.7 Å². The van der Waals surface area contributed by atoms with Gasteiger partial charge in [0.1, 0.15) is 12.0 Å². The van der Waals surface area contributed by atoms with Gasteiger partial charge in [0.2, 0.25) is 5.91 Å². The van der Waals surface area contributed by atoms with Crippen LogP contribution in [0.5, 0.6) is 5.75 Å². The molecule has 268 valence electrons. The Morgan fingerprint density at radius 1 is 1.02 bits per heavy atom. The number of benzene rings is 4. The van der Waals surface area contributed by atoms with E-state index in [1.54, 1.807) is 7.11 Å². The molecule has 1 aromatic heterocycles. The lowest BCUT2D eigenvalue weighted by Crippen LogP contribution is -2.35. The SMILES string of the molecule is COc1cc(Cn2ncc3c(-c4cccc(-c5ccc(CNC[C@@H]6CCC(=O)N6)c(C=O)c5)c4Cl)cccc32)c(Cl)cc1CN1CC[C@@H](C(=O)O)C1. The summed E-state index contributed by atoms with van der Waals surface area (Å²) in [4.78, 5) is 37.2. The summed E-state index contributed by atoms with van der Waals surface area (Å²) in [5.74, 6) is -0.342. The molecule has 0 unspecified atom stereocenters. The van der Waals surface area contributed by atoms with E-state index in [4.69, 9.17) is 33.0 Å². The van der Waals surface area contributed by atoms with Crippen LogP contribution in [0.15, 0.2) is 72.9 Å². The number of hydrogen-bond acceptors (Lipinski definition) is 7. The number of aromatic nitrogens is 2. The van der Waals surface area contributed by atoms with E-state index in [0.717, 1.165) is 62.6 Å². The van der Waals surface area contributed by atoms with Gasteiger partial charge in [-0.3, -0.25) is 24.0 Å². The fourth-order valence-corrected chi connectivity index (χ4v) is 7.91. The first-order chi connectivity index (χ1) is 25.2. The quantitative estimate of drug-likeness (QED) is 0.112. The van der Waals surface area contributed by atoms with Crippen molar-refractivity contribution in [1.29, 1.82) is 0 Å². The monoisotopic (exact) mass is 739 g/mol. The zero-order chi connectivity index (χ0) is 36.4. The van der Waals surface area contributed by atoms with Gasteiger partial charge in [0, 0.05) is 71.3 Å². The molecule has 4 aromatic carbocycles. The average molecular weight is 741 g/mol. The molecule has 0 aliphatic carbocycles. The van der Waals surface area contributed by atoms with E-state index in [0.29, 0.717) is 73.5 Å². The van der Waals surface area contributed by atoms with Crippen molar-refractivity contribution in [3.8, 4) is 28.0 Å². The molecule has 5 aromatic rings. The molecule has 2 aliphatic heterocycles. The smallest absolute Gasteiger partial charge is 0.307 e. The summed E-state index contributed by atoms with van der Waals surface area (Å²) in [5.41, 5.74) is 7.54. The molecule has 3 N–H and O–H groups in total. The van der Waals surface area contributed by atoms with Gasteiger partial charge in [0.25, 0.3) is 0 Å². The summed E-state index contributed by atoms with van der Waals surface area (Å²) in [6.45, 7) is 3.33. The average Bonchev–Trinajstić information content (AvgIpc) is 3.90. The summed E-state index contributed by atoms with van der Waals surface area (Å²) < 4.78 is 7.65. The molecule has 0 saturated carbocycles. The first-order valence-corrected chi connectivity index (χ1v) is 18.1. The van der Waals surface area contributed by atoms with Crippen molar-refractivity contribution in [3.05, 3.63) is 105 Å². The summed E-state index contributed by atoms with van der Waals surface area (Å²) in [6.07, 6.45) is 4.69. The first kappa shape index (κ1) is 35.7. The van der Waals surface area contributed by atoms with Gasteiger partial charge in [0.15, 0.2) is 0 Å². The zero-order valence-electron chi connectivity index (χ0n) is 28.7. The second kappa shape index (κ2) is 15.5. The number of fused-ring (bicyclic) bond motifs is 1. The van der Waals surface area contributed by atoms with Crippen LogP contribution < -0.4 is 15.4 Å². The summed E-state index contributed by atoms with van der Waals surface area (Å²) in [5, 5.41) is 22.5. The van der Waals surface area contributed by atoms with E-state index in [-0.39, 0.29) is 17.9 Å². The Balaban J connectivity index is 1.11. The van der Waals surface area contributed by atoms with E-state index in [1.165, 1.54) is 0 Å². The fraction of sp³-hybridized carbons (Fsp3) is 0.300.